The monoisotopic (exact) mass is 242 g/mol. The second-order valence-corrected chi connectivity index (χ2v) is 5.16. The SMILES string of the molecule is CCCCOC(=O)[C@]1(C)CC[C@@H](C(=O)O)CC1. The lowest BCUT2D eigenvalue weighted by Gasteiger charge is -2.33. The van der Waals surface area contributed by atoms with Gasteiger partial charge in [-0.25, -0.2) is 0 Å². The van der Waals surface area contributed by atoms with E-state index in [2.05, 4.69) is 0 Å². The number of carboxylic acid groups (broad SMARTS) is 1. The summed E-state index contributed by atoms with van der Waals surface area (Å²) < 4.78 is 5.23. The summed E-state index contributed by atoms with van der Waals surface area (Å²) >= 11 is 0. The number of carboxylic acids is 1. The lowest BCUT2D eigenvalue weighted by Crippen LogP contribution is -2.36. The van der Waals surface area contributed by atoms with Crippen LogP contribution < -0.4 is 0 Å². The Morgan fingerprint density at radius 2 is 1.94 bits per heavy atom. The molecule has 0 saturated heterocycles. The third-order valence-corrected chi connectivity index (χ3v) is 3.66. The number of carbonyl (C=O) groups is 2. The Hall–Kier alpha value is -1.06. The first-order valence-electron chi connectivity index (χ1n) is 6.39. The predicted molar refractivity (Wildman–Crippen MR) is 63.6 cm³/mol. The fourth-order valence-electron chi connectivity index (χ4n) is 2.19. The Labute approximate surface area is 102 Å². The summed E-state index contributed by atoms with van der Waals surface area (Å²) in [7, 11) is 0. The van der Waals surface area contributed by atoms with Crippen molar-refractivity contribution in [3.8, 4) is 0 Å². The molecule has 1 aliphatic carbocycles. The zero-order chi connectivity index (χ0) is 12.9. The first-order chi connectivity index (χ1) is 7.99. The summed E-state index contributed by atoms with van der Waals surface area (Å²) in [5, 5.41) is 8.90. The second kappa shape index (κ2) is 6.03. The standard InChI is InChI=1S/C13H22O4/c1-3-4-9-17-12(16)13(2)7-5-10(6-8-13)11(14)15/h10H,3-9H2,1-2H3,(H,14,15)/t10-,13-. The molecule has 1 fully saturated rings. The van der Waals surface area contributed by atoms with Gasteiger partial charge < -0.3 is 9.84 Å². The van der Waals surface area contributed by atoms with Crippen molar-refractivity contribution in [1.82, 2.24) is 0 Å². The van der Waals surface area contributed by atoms with Crippen LogP contribution in [0.5, 0.6) is 0 Å². The van der Waals surface area contributed by atoms with E-state index in [9.17, 15) is 9.59 Å². The van der Waals surface area contributed by atoms with Crippen molar-refractivity contribution in [1.29, 1.82) is 0 Å². The van der Waals surface area contributed by atoms with Gasteiger partial charge in [-0.2, -0.15) is 0 Å². The van der Waals surface area contributed by atoms with Gasteiger partial charge >= 0.3 is 11.9 Å². The van der Waals surface area contributed by atoms with Gasteiger partial charge in [0.25, 0.3) is 0 Å². The Morgan fingerprint density at radius 3 is 2.41 bits per heavy atom. The maximum atomic E-state index is 11.9. The Morgan fingerprint density at radius 1 is 1.35 bits per heavy atom. The highest BCUT2D eigenvalue weighted by atomic mass is 16.5. The van der Waals surface area contributed by atoms with Crippen molar-refractivity contribution in [2.24, 2.45) is 11.3 Å². The van der Waals surface area contributed by atoms with E-state index in [1.807, 2.05) is 13.8 Å². The van der Waals surface area contributed by atoms with Crippen molar-refractivity contribution in [3.63, 3.8) is 0 Å². The molecular weight excluding hydrogens is 220 g/mol. The van der Waals surface area contributed by atoms with Crippen LogP contribution >= 0.6 is 0 Å². The van der Waals surface area contributed by atoms with Gasteiger partial charge in [-0.05, 0) is 39.0 Å². The lowest BCUT2D eigenvalue weighted by molar-refractivity contribution is -0.159. The Balaban J connectivity index is 2.42. The van der Waals surface area contributed by atoms with Crippen LogP contribution in [0.15, 0.2) is 0 Å². The van der Waals surface area contributed by atoms with Gasteiger partial charge in [0.2, 0.25) is 0 Å². The summed E-state index contributed by atoms with van der Waals surface area (Å²) in [6, 6.07) is 0. The molecule has 1 aliphatic rings. The van der Waals surface area contributed by atoms with Crippen molar-refractivity contribution in [2.45, 2.75) is 52.4 Å². The van der Waals surface area contributed by atoms with E-state index in [-0.39, 0.29) is 11.9 Å². The molecule has 0 aromatic heterocycles. The van der Waals surface area contributed by atoms with Crippen molar-refractivity contribution < 1.29 is 19.4 Å². The van der Waals surface area contributed by atoms with E-state index >= 15 is 0 Å². The molecule has 1 saturated carbocycles. The minimum absolute atomic E-state index is 0.158. The molecule has 0 aromatic carbocycles. The summed E-state index contributed by atoms with van der Waals surface area (Å²) in [5.74, 6) is -1.19. The molecule has 98 valence electrons. The number of aliphatic carboxylic acids is 1. The van der Waals surface area contributed by atoms with Gasteiger partial charge in [0.15, 0.2) is 0 Å². The van der Waals surface area contributed by atoms with Gasteiger partial charge in [0.1, 0.15) is 0 Å². The van der Waals surface area contributed by atoms with Gasteiger partial charge in [0, 0.05) is 0 Å². The molecule has 0 spiro atoms. The molecule has 0 unspecified atom stereocenters. The minimum Gasteiger partial charge on any atom is -0.481 e. The van der Waals surface area contributed by atoms with Crippen LogP contribution in [-0.2, 0) is 14.3 Å². The zero-order valence-electron chi connectivity index (χ0n) is 10.7. The fourth-order valence-corrected chi connectivity index (χ4v) is 2.19. The quantitative estimate of drug-likeness (QED) is 0.594. The number of carbonyl (C=O) groups excluding carboxylic acids is 1. The molecule has 0 amide bonds. The molecule has 0 aliphatic heterocycles. The van der Waals surface area contributed by atoms with Gasteiger partial charge in [-0.15, -0.1) is 0 Å². The third-order valence-electron chi connectivity index (χ3n) is 3.66. The Kier molecular flexibility index (Phi) is 4.97. The summed E-state index contributed by atoms with van der Waals surface area (Å²) in [5.41, 5.74) is -0.473. The topological polar surface area (TPSA) is 63.6 Å². The van der Waals surface area contributed by atoms with Crippen LogP contribution in [0, 0.1) is 11.3 Å². The summed E-state index contributed by atoms with van der Waals surface area (Å²) in [4.78, 5) is 22.7. The van der Waals surface area contributed by atoms with Gasteiger partial charge in [-0.1, -0.05) is 13.3 Å². The summed E-state index contributed by atoms with van der Waals surface area (Å²) in [6.07, 6.45) is 4.29. The molecule has 0 atom stereocenters. The average molecular weight is 242 g/mol. The van der Waals surface area contributed by atoms with Gasteiger partial charge in [-0.3, -0.25) is 9.59 Å². The highest BCUT2D eigenvalue weighted by Gasteiger charge is 2.40. The molecule has 1 rings (SSSR count). The molecule has 4 heteroatoms. The highest BCUT2D eigenvalue weighted by Crippen LogP contribution is 2.39. The van der Waals surface area contributed by atoms with E-state index in [1.165, 1.54) is 0 Å². The van der Waals surface area contributed by atoms with E-state index in [4.69, 9.17) is 9.84 Å². The van der Waals surface area contributed by atoms with Crippen LogP contribution in [0.1, 0.15) is 52.4 Å². The molecule has 0 bridgehead atoms. The van der Waals surface area contributed by atoms with Crippen LogP contribution in [0.3, 0.4) is 0 Å². The predicted octanol–water partition coefficient (Wildman–Crippen LogP) is 2.61. The molecule has 0 heterocycles. The first-order valence-corrected chi connectivity index (χ1v) is 6.39. The molecular formula is C13H22O4. The number of rotatable bonds is 5. The van der Waals surface area contributed by atoms with Gasteiger partial charge in [0.05, 0.1) is 17.9 Å². The van der Waals surface area contributed by atoms with Crippen LogP contribution in [0.25, 0.3) is 0 Å². The fraction of sp³-hybridized carbons (Fsp3) is 0.846. The molecule has 4 nitrogen and oxygen atoms in total. The van der Waals surface area contributed by atoms with Crippen LogP contribution in [0.2, 0.25) is 0 Å². The van der Waals surface area contributed by atoms with Crippen molar-refractivity contribution in [3.05, 3.63) is 0 Å². The molecule has 1 N–H and O–H groups in total. The number of hydrogen-bond donors (Lipinski definition) is 1. The number of ether oxygens (including phenoxy) is 1. The highest BCUT2D eigenvalue weighted by molar-refractivity contribution is 5.77. The van der Waals surface area contributed by atoms with E-state index in [1.54, 1.807) is 0 Å². The average Bonchev–Trinajstić information content (AvgIpc) is 2.29. The second-order valence-electron chi connectivity index (χ2n) is 5.16. The Bertz CT molecular complexity index is 277. The zero-order valence-corrected chi connectivity index (χ0v) is 10.7. The van der Waals surface area contributed by atoms with E-state index in [0.717, 1.165) is 12.8 Å². The van der Waals surface area contributed by atoms with Crippen molar-refractivity contribution >= 4 is 11.9 Å². The maximum absolute atomic E-state index is 11.9. The third kappa shape index (κ3) is 3.72. The number of hydrogen-bond acceptors (Lipinski definition) is 3. The van der Waals surface area contributed by atoms with Crippen LogP contribution in [-0.4, -0.2) is 23.7 Å². The smallest absolute Gasteiger partial charge is 0.311 e. The first kappa shape index (κ1) is 14.0. The van der Waals surface area contributed by atoms with E-state index < -0.39 is 11.4 Å². The van der Waals surface area contributed by atoms with Crippen LogP contribution in [0.4, 0.5) is 0 Å². The number of esters is 1. The lowest BCUT2D eigenvalue weighted by atomic mass is 9.72. The van der Waals surface area contributed by atoms with Crippen molar-refractivity contribution in [2.75, 3.05) is 6.61 Å². The largest absolute Gasteiger partial charge is 0.481 e. The van der Waals surface area contributed by atoms with E-state index in [0.29, 0.717) is 32.3 Å². The normalized spacial score (nSPS) is 28.7. The maximum Gasteiger partial charge on any atom is 0.311 e. The minimum atomic E-state index is -0.744. The molecule has 17 heavy (non-hydrogen) atoms. The molecule has 0 radical (unpaired) electrons. The number of unbranched alkanes of at least 4 members (excludes halogenated alkanes) is 1. The summed E-state index contributed by atoms with van der Waals surface area (Å²) in [6.45, 7) is 4.42. The molecule has 0 aromatic rings.